The smallest absolute Gasteiger partial charge is 0.323 e. The van der Waals surface area contributed by atoms with E-state index in [4.69, 9.17) is 17.3 Å². The van der Waals surface area contributed by atoms with Crippen molar-refractivity contribution in [1.82, 2.24) is 4.90 Å². The minimum Gasteiger partial charge on any atom is -0.480 e. The molecular weight excluding hydrogens is 392 g/mol. The van der Waals surface area contributed by atoms with Crippen LogP contribution in [0.15, 0.2) is 24.3 Å². The molecule has 1 fully saturated rings. The van der Waals surface area contributed by atoms with Gasteiger partial charge in [0.25, 0.3) is 5.91 Å². The number of unbranched alkanes of at least 4 members (excludes halogenated alkanes) is 1. The molecule has 1 aromatic rings. The van der Waals surface area contributed by atoms with Crippen molar-refractivity contribution in [2.24, 2.45) is 0 Å². The van der Waals surface area contributed by atoms with Crippen LogP contribution in [0.3, 0.4) is 0 Å². The summed E-state index contributed by atoms with van der Waals surface area (Å²) in [6.07, 6.45) is 9.20. The second kappa shape index (κ2) is 9.09. The van der Waals surface area contributed by atoms with Crippen LogP contribution in [-0.2, 0) is 9.59 Å². The van der Waals surface area contributed by atoms with Crippen molar-refractivity contribution in [2.45, 2.75) is 51.0 Å². The molecule has 1 aromatic carbocycles. The number of fused-ring (bicyclic) bond motifs is 3. The highest BCUT2D eigenvalue weighted by Crippen LogP contribution is 2.49. The number of thiol groups is 1. The largest absolute Gasteiger partial charge is 0.480 e. The Kier molecular flexibility index (Phi) is 6.78. The number of rotatable bonds is 7. The lowest BCUT2D eigenvalue weighted by atomic mass is 9.96. The topological polar surface area (TPSA) is 60.9 Å². The molecule has 1 heterocycles. The average molecular weight is 419 g/mol. The summed E-state index contributed by atoms with van der Waals surface area (Å²) < 4.78 is -0.0497. The van der Waals surface area contributed by atoms with Crippen LogP contribution < -0.4 is 4.90 Å². The second-order valence-corrected chi connectivity index (χ2v) is 8.52. The second-order valence-electron chi connectivity index (χ2n) is 7.40. The first-order chi connectivity index (χ1) is 13.4. The molecule has 2 unspecified atom stereocenters. The maximum absolute atomic E-state index is 12.3. The zero-order valence-corrected chi connectivity index (χ0v) is 17.7. The molecule has 3 rings (SSSR count). The first-order valence-corrected chi connectivity index (χ1v) is 10.6. The lowest BCUT2D eigenvalue weighted by molar-refractivity contribution is -0.140. The number of carboxylic acids is 1. The van der Waals surface area contributed by atoms with Gasteiger partial charge in [-0.1, -0.05) is 38.0 Å². The van der Waals surface area contributed by atoms with E-state index >= 15 is 0 Å². The van der Waals surface area contributed by atoms with Gasteiger partial charge in [-0.25, -0.2) is 0 Å². The number of carbonyl (C=O) groups excluding carboxylic acids is 1. The molecule has 28 heavy (non-hydrogen) atoms. The Morgan fingerprint density at radius 1 is 1.39 bits per heavy atom. The van der Waals surface area contributed by atoms with Crippen LogP contribution in [0, 0.1) is 0 Å². The van der Waals surface area contributed by atoms with Gasteiger partial charge in [0.05, 0.1) is 0 Å². The SMILES string of the molecule is CCCCN1c2ccc(/C=C/C(=O)N(CC(=O)O)C(=S)S)cc2C2CCCC21. The Morgan fingerprint density at radius 3 is 2.86 bits per heavy atom. The number of benzene rings is 1. The number of hydrogen-bond acceptors (Lipinski definition) is 4. The van der Waals surface area contributed by atoms with Gasteiger partial charge in [-0.3, -0.25) is 14.5 Å². The van der Waals surface area contributed by atoms with E-state index in [0.717, 1.165) is 17.0 Å². The van der Waals surface area contributed by atoms with Crippen molar-refractivity contribution in [3.05, 3.63) is 35.4 Å². The molecule has 1 amide bonds. The molecule has 2 atom stereocenters. The highest BCUT2D eigenvalue weighted by molar-refractivity contribution is 8.11. The Bertz CT molecular complexity index is 809. The number of anilines is 1. The first-order valence-electron chi connectivity index (χ1n) is 9.77. The van der Waals surface area contributed by atoms with E-state index in [1.54, 1.807) is 6.08 Å². The molecule has 7 heteroatoms. The summed E-state index contributed by atoms with van der Waals surface area (Å²) >= 11 is 8.83. The molecule has 0 bridgehead atoms. The molecule has 1 aliphatic carbocycles. The van der Waals surface area contributed by atoms with E-state index in [1.807, 2.05) is 6.07 Å². The standard InChI is InChI=1S/C21H26N2O3S2/c1-2-3-11-22-17-6-4-5-15(17)16-12-14(7-9-18(16)22)8-10-19(24)23(21(27)28)13-20(25)26/h7-10,12,15,17H,2-6,11,13H2,1H3,(H,25,26)(H,27,28)/b10-8+. The van der Waals surface area contributed by atoms with Crippen LogP contribution in [0.1, 0.15) is 56.1 Å². The molecule has 1 aliphatic heterocycles. The van der Waals surface area contributed by atoms with Crippen molar-refractivity contribution in [2.75, 3.05) is 18.0 Å². The molecule has 1 N–H and O–H groups in total. The van der Waals surface area contributed by atoms with Gasteiger partial charge in [-0.2, -0.15) is 0 Å². The molecule has 0 saturated heterocycles. The lowest BCUT2D eigenvalue weighted by Gasteiger charge is -2.26. The number of amides is 1. The molecule has 0 radical (unpaired) electrons. The summed E-state index contributed by atoms with van der Waals surface area (Å²) in [5.74, 6) is -1.04. The zero-order valence-electron chi connectivity index (χ0n) is 16.0. The van der Waals surface area contributed by atoms with Crippen LogP contribution in [0.4, 0.5) is 5.69 Å². The van der Waals surface area contributed by atoms with Gasteiger partial charge >= 0.3 is 5.97 Å². The van der Waals surface area contributed by atoms with Crippen LogP contribution in [-0.4, -0.2) is 45.3 Å². The quantitative estimate of drug-likeness (QED) is 0.397. The van der Waals surface area contributed by atoms with Crippen LogP contribution in [0.5, 0.6) is 0 Å². The van der Waals surface area contributed by atoms with Gasteiger partial charge in [0.2, 0.25) is 0 Å². The summed E-state index contributed by atoms with van der Waals surface area (Å²) in [6.45, 7) is 2.83. The minimum atomic E-state index is -1.13. The number of thiocarbonyl (C=S) groups is 1. The summed E-state index contributed by atoms with van der Waals surface area (Å²) in [7, 11) is 0. The number of aliphatic carboxylic acids is 1. The fourth-order valence-electron chi connectivity index (χ4n) is 4.34. The molecule has 1 saturated carbocycles. The Labute approximate surface area is 176 Å². The van der Waals surface area contributed by atoms with Crippen LogP contribution >= 0.6 is 24.8 Å². The Hall–Kier alpha value is -1.86. The minimum absolute atomic E-state index is 0.0497. The summed E-state index contributed by atoms with van der Waals surface area (Å²) in [4.78, 5) is 26.8. The molecule has 5 nitrogen and oxygen atoms in total. The van der Waals surface area contributed by atoms with Crippen molar-refractivity contribution >= 4 is 52.8 Å². The zero-order chi connectivity index (χ0) is 20.3. The molecule has 2 aliphatic rings. The number of carboxylic acid groups (broad SMARTS) is 1. The van der Waals surface area contributed by atoms with Gasteiger partial charge < -0.3 is 10.0 Å². The predicted molar refractivity (Wildman–Crippen MR) is 119 cm³/mol. The summed E-state index contributed by atoms with van der Waals surface area (Å²) in [6, 6.07) is 6.96. The molecule has 150 valence electrons. The number of nitrogens with zero attached hydrogens (tertiary/aromatic N) is 2. The van der Waals surface area contributed by atoms with Crippen molar-refractivity contribution < 1.29 is 14.7 Å². The van der Waals surface area contributed by atoms with E-state index in [1.165, 1.54) is 49.4 Å². The fraction of sp³-hybridized carbons (Fsp3) is 0.476. The van der Waals surface area contributed by atoms with E-state index < -0.39 is 18.4 Å². The maximum atomic E-state index is 12.3. The van der Waals surface area contributed by atoms with E-state index in [9.17, 15) is 9.59 Å². The van der Waals surface area contributed by atoms with Crippen molar-refractivity contribution in [3.8, 4) is 0 Å². The van der Waals surface area contributed by atoms with Gasteiger partial charge in [0.15, 0.2) is 0 Å². The highest BCUT2D eigenvalue weighted by Gasteiger charge is 2.40. The Morgan fingerprint density at radius 2 is 2.18 bits per heavy atom. The van der Waals surface area contributed by atoms with Gasteiger partial charge in [-0.15, -0.1) is 12.6 Å². The third-order valence-corrected chi connectivity index (χ3v) is 6.06. The predicted octanol–water partition coefficient (Wildman–Crippen LogP) is 4.08. The van der Waals surface area contributed by atoms with E-state index in [2.05, 4.69) is 36.6 Å². The molecular formula is C21H26N2O3S2. The van der Waals surface area contributed by atoms with E-state index in [-0.39, 0.29) is 4.32 Å². The summed E-state index contributed by atoms with van der Waals surface area (Å²) in [5, 5.41) is 8.93. The third kappa shape index (κ3) is 4.41. The Balaban J connectivity index is 1.79. The average Bonchev–Trinajstić information content (AvgIpc) is 3.23. The van der Waals surface area contributed by atoms with Crippen molar-refractivity contribution in [3.63, 3.8) is 0 Å². The lowest BCUT2D eigenvalue weighted by Crippen LogP contribution is -2.36. The maximum Gasteiger partial charge on any atom is 0.323 e. The monoisotopic (exact) mass is 418 g/mol. The van der Waals surface area contributed by atoms with Gasteiger partial charge in [0.1, 0.15) is 10.9 Å². The van der Waals surface area contributed by atoms with Crippen molar-refractivity contribution in [1.29, 1.82) is 0 Å². The fourth-order valence-corrected chi connectivity index (χ4v) is 4.66. The first kappa shape index (κ1) is 20.9. The number of hydrogen-bond donors (Lipinski definition) is 2. The van der Waals surface area contributed by atoms with Gasteiger partial charge in [0, 0.05) is 30.3 Å². The highest BCUT2D eigenvalue weighted by atomic mass is 32.1. The van der Waals surface area contributed by atoms with Gasteiger partial charge in [-0.05, 0) is 48.6 Å². The van der Waals surface area contributed by atoms with Crippen LogP contribution in [0.2, 0.25) is 0 Å². The molecule has 0 spiro atoms. The molecule has 0 aromatic heterocycles. The third-order valence-electron chi connectivity index (χ3n) is 5.60. The number of carbonyl (C=O) groups is 2. The van der Waals surface area contributed by atoms with E-state index in [0.29, 0.717) is 12.0 Å². The van der Waals surface area contributed by atoms with Crippen LogP contribution in [0.25, 0.3) is 6.08 Å². The normalized spacial score (nSPS) is 20.3. The summed E-state index contributed by atoms with van der Waals surface area (Å²) in [5.41, 5.74) is 3.64.